The molecule has 0 radical (unpaired) electrons. The number of carbonyl (C=O) groups excluding carboxylic acids is 13. The lowest BCUT2D eigenvalue weighted by molar-refractivity contribution is -0.286. The summed E-state index contributed by atoms with van der Waals surface area (Å²) in [5, 5.41) is 153. The number of aliphatic hydroxyl groups excluding tert-OH is 15. The smallest absolute Gasteiger partial charge is 0.407 e. The van der Waals surface area contributed by atoms with Crippen LogP contribution in [0.15, 0.2) is 30.3 Å². The Morgan fingerprint density at radius 3 is 1.05 bits per heavy atom. The molecule has 0 aliphatic heterocycles. The van der Waals surface area contributed by atoms with E-state index in [0.29, 0.717) is 5.56 Å². The fourth-order valence-electron chi connectivity index (χ4n) is 5.26. The van der Waals surface area contributed by atoms with Gasteiger partial charge in [-0.05, 0) is 12.0 Å². The predicted molar refractivity (Wildman–Crippen MR) is 238 cm³/mol. The summed E-state index contributed by atoms with van der Waals surface area (Å²) in [6.45, 7) is -3.62. The number of esters is 1. The largest absolute Gasteiger partial charge is 0.436 e. The van der Waals surface area contributed by atoms with Crippen molar-refractivity contribution in [3.05, 3.63) is 35.9 Å². The number of nitrogens with two attached hydrogens (primary N) is 1. The van der Waals surface area contributed by atoms with Crippen LogP contribution in [0.4, 0.5) is 0 Å². The zero-order valence-corrected chi connectivity index (χ0v) is 42.5. The zero-order chi connectivity index (χ0) is 65.1. The minimum Gasteiger partial charge on any atom is -0.436 e. The Morgan fingerprint density at radius 1 is 0.388 bits per heavy atom. The first kappa shape index (κ1) is 74.7. The summed E-state index contributed by atoms with van der Waals surface area (Å²) in [7, 11) is 0. The van der Waals surface area contributed by atoms with E-state index < -0.39 is 221 Å². The van der Waals surface area contributed by atoms with Crippen molar-refractivity contribution in [2.45, 2.75) is 123 Å². The lowest BCUT2D eigenvalue weighted by Crippen LogP contribution is -2.49. The molecule has 1 aromatic rings. The first-order valence-electron chi connectivity index (χ1n) is 22.9. The van der Waals surface area contributed by atoms with Crippen molar-refractivity contribution in [3.8, 4) is 0 Å². The summed E-state index contributed by atoms with van der Waals surface area (Å²) in [5.74, 6) is -28.0. The topological polar surface area (TPSA) is 692 Å². The molecule has 15 unspecified atom stereocenters. The van der Waals surface area contributed by atoms with Crippen LogP contribution >= 0.6 is 0 Å². The Morgan fingerprint density at radius 2 is 0.682 bits per heavy atom. The third-order valence-electron chi connectivity index (χ3n) is 9.88. The molecule has 0 saturated carbocycles. The van der Waals surface area contributed by atoms with E-state index in [1.165, 1.54) is 24.3 Å². The van der Waals surface area contributed by atoms with Gasteiger partial charge in [-0.3, -0.25) is 4.79 Å². The highest BCUT2D eigenvalue weighted by Gasteiger charge is 2.48. The van der Waals surface area contributed by atoms with E-state index in [-0.39, 0.29) is 0 Å². The van der Waals surface area contributed by atoms with E-state index in [1.54, 1.807) is 6.07 Å². The number of hydrogen-bond donors (Lipinski definition) is 17. The number of benzene rings is 1. The lowest BCUT2D eigenvalue weighted by Gasteiger charge is -2.24. The molecular weight excluding hydrogens is 1190 g/mol. The van der Waals surface area contributed by atoms with E-state index in [9.17, 15) is 129 Å². The molecule has 1 aromatic carbocycles. The van der Waals surface area contributed by atoms with E-state index in [1.807, 2.05) is 0 Å². The molecule has 18 N–H and O–H groups in total. The van der Waals surface area contributed by atoms with Gasteiger partial charge in [-0.1, -0.05) is 30.3 Å². The fourth-order valence-corrected chi connectivity index (χ4v) is 5.26. The Bertz CT molecular complexity index is 2460. The van der Waals surface area contributed by atoms with Gasteiger partial charge in [0.1, 0.15) is 61.0 Å². The van der Waals surface area contributed by atoms with Gasteiger partial charge in [0.2, 0.25) is 0 Å². The van der Waals surface area contributed by atoms with E-state index >= 15 is 0 Å². The van der Waals surface area contributed by atoms with Crippen LogP contribution in [-0.4, -0.2) is 270 Å². The Hall–Kier alpha value is -8.35. The number of ether oxygens (including phenoxy) is 1. The molecule has 0 aliphatic rings. The van der Waals surface area contributed by atoms with Gasteiger partial charge in [0.15, 0.2) is 36.8 Å². The van der Waals surface area contributed by atoms with Crippen molar-refractivity contribution in [1.82, 2.24) is 0 Å². The molecule has 0 heterocycles. The monoisotopic (exact) mass is 1240 g/mol. The molecule has 0 aliphatic carbocycles. The molecular formula is C42H53NO42. The number of carbonyl (C=O) groups is 13. The summed E-state index contributed by atoms with van der Waals surface area (Å²) in [6.07, 6.45) is -41.5. The van der Waals surface area contributed by atoms with Gasteiger partial charge in [0.25, 0.3) is 0 Å². The minimum absolute atomic E-state index is 0.331. The second kappa shape index (κ2) is 36.4. The highest BCUT2D eigenvalue weighted by Crippen LogP contribution is 2.22. The van der Waals surface area contributed by atoms with Crippen molar-refractivity contribution in [2.75, 3.05) is 19.8 Å². The predicted octanol–water partition coefficient (Wildman–Crippen LogP) is -13.9. The van der Waals surface area contributed by atoms with Crippen molar-refractivity contribution in [3.63, 3.8) is 0 Å². The van der Waals surface area contributed by atoms with Crippen LogP contribution in [0.1, 0.15) is 31.2 Å². The first-order chi connectivity index (χ1) is 39.7. The van der Waals surface area contributed by atoms with Crippen molar-refractivity contribution < 1.29 is 207 Å². The van der Waals surface area contributed by atoms with Crippen molar-refractivity contribution in [1.29, 1.82) is 0 Å². The summed E-state index contributed by atoms with van der Waals surface area (Å²) < 4.78 is 4.66. The molecule has 0 amide bonds. The Kier molecular flexibility index (Phi) is 32.0. The molecule has 0 spiro atoms. The number of hydrogen-bond acceptors (Lipinski definition) is 43. The summed E-state index contributed by atoms with van der Waals surface area (Å²) in [6, 6.07) is 5.58. The first-order valence-corrected chi connectivity index (χ1v) is 22.9. The Labute approximate surface area is 469 Å². The molecule has 0 bridgehead atoms. The molecule has 15 atom stereocenters. The summed E-state index contributed by atoms with van der Waals surface area (Å²) >= 11 is 0. The SMILES string of the molecule is NC(Cc1ccccc1)C(=O)OC(C(=O)OOC(=O)CC(O)(CC(=O)OOC(=O)CC(=O)OOC(=O)C(O)C(O)C(O)C(O)CO)C(=O)OOC(=O)CC(=O)OOC(=O)C(O)C(O)C(O)C(O)CO)C(=O)OOC(=O)C(O)C(O)C(O)C(O)CO. The quantitative estimate of drug-likeness (QED) is 0.0147. The average Bonchev–Trinajstić information content (AvgIpc) is 3.68. The van der Waals surface area contributed by atoms with Gasteiger partial charge in [-0.2, -0.15) is 0 Å². The summed E-state index contributed by atoms with van der Waals surface area (Å²) in [5.41, 5.74) is 2.14. The van der Waals surface area contributed by atoms with Gasteiger partial charge in [0.05, 0.1) is 32.7 Å². The van der Waals surface area contributed by atoms with Crippen LogP contribution in [0, 0.1) is 0 Å². The van der Waals surface area contributed by atoms with Crippen molar-refractivity contribution >= 4 is 77.6 Å². The van der Waals surface area contributed by atoms with E-state index in [4.69, 9.17) is 21.1 Å². The van der Waals surface area contributed by atoms with Gasteiger partial charge < -0.3 is 92.2 Å². The maximum Gasteiger partial charge on any atom is 0.407 e. The molecule has 0 fully saturated rings. The van der Waals surface area contributed by atoms with E-state index in [2.05, 4.69) is 63.4 Å². The van der Waals surface area contributed by atoms with Crippen LogP contribution in [0.25, 0.3) is 0 Å². The van der Waals surface area contributed by atoms with E-state index in [0.717, 1.165) is 0 Å². The highest BCUT2D eigenvalue weighted by atomic mass is 17.2. The number of rotatable bonds is 30. The third-order valence-corrected chi connectivity index (χ3v) is 9.88. The molecule has 85 heavy (non-hydrogen) atoms. The van der Waals surface area contributed by atoms with Crippen LogP contribution in [0.3, 0.4) is 0 Å². The van der Waals surface area contributed by atoms with Gasteiger partial charge in [0, 0.05) is 0 Å². The maximum atomic E-state index is 13.1. The average molecular weight is 1240 g/mol. The van der Waals surface area contributed by atoms with Crippen LogP contribution < -0.4 is 5.73 Å². The fraction of sp³-hybridized carbons (Fsp3) is 0.548. The normalized spacial score (nSPS) is 16.7. The minimum atomic E-state index is -3.97. The van der Waals surface area contributed by atoms with Gasteiger partial charge >= 0.3 is 83.7 Å². The molecule has 43 heteroatoms. The van der Waals surface area contributed by atoms with Crippen LogP contribution in [0.5, 0.6) is 0 Å². The van der Waals surface area contributed by atoms with Crippen LogP contribution in [0.2, 0.25) is 0 Å². The molecule has 0 saturated heterocycles. The van der Waals surface area contributed by atoms with Gasteiger partial charge in [-0.25, -0.2) is 116 Å². The van der Waals surface area contributed by atoms with Crippen LogP contribution in [-0.2, 0) is 132 Å². The zero-order valence-electron chi connectivity index (χ0n) is 42.5. The third kappa shape index (κ3) is 25.2. The standard InChI is InChI=1S/C42H53NO42/c43-15(6-14-4-2-1-3-5-14)35(65)73-34(40(70)84-82-38(68)33(64)30(61)27(58)18(49)13-46)39(69)83-79-24(55)10-42(72,41(71)85-77-22(53)8-21(52)76-81-37(67)32(63)29(60)26(57)17(48)12-45)9-23(54)78-74-19(50)7-20(51)75-80-36(66)31(62)28(59)25(56)16(47)11-44/h1-5,15-18,25-34,44-49,56-64,72H,6-13,43H2. The second-order valence-electron chi connectivity index (χ2n) is 16.5. The molecule has 478 valence electrons. The van der Waals surface area contributed by atoms with Crippen molar-refractivity contribution in [2.24, 2.45) is 5.73 Å². The highest BCUT2D eigenvalue weighted by molar-refractivity contribution is 6.00. The lowest BCUT2D eigenvalue weighted by atomic mass is 9.96. The molecule has 43 nitrogen and oxygen atoms in total. The van der Waals surface area contributed by atoms with Gasteiger partial charge in [-0.15, -0.1) is 0 Å². The Balaban J connectivity index is 3.34. The summed E-state index contributed by atoms with van der Waals surface area (Å²) in [4.78, 5) is 209. The second-order valence-corrected chi connectivity index (χ2v) is 16.5. The molecule has 1 rings (SSSR count). The maximum absolute atomic E-state index is 13.1. The molecule has 0 aromatic heterocycles. The number of aliphatic hydroxyl groups is 16.